The average Bonchev–Trinajstić information content (AvgIpc) is 1.96. The number of Topliss-reactive ketones (excluding diaryl/α,β-unsaturated/α-hetero) is 1. The van der Waals surface area contributed by atoms with Gasteiger partial charge in [0.2, 0.25) is 11.8 Å². The number of alkyl halides is 6. The topological polar surface area (TPSA) is 46.2 Å². The molecule has 0 aliphatic rings. The Morgan fingerprint density at radius 3 is 1.59 bits per heavy atom. The average molecular weight is 265 g/mol. The van der Waals surface area contributed by atoms with Crippen molar-refractivity contribution in [3.63, 3.8) is 0 Å². The molecule has 0 aromatic carbocycles. The van der Waals surface area contributed by atoms with Crippen LogP contribution in [-0.4, -0.2) is 30.1 Å². The number of halogens is 6. The van der Waals surface area contributed by atoms with Crippen molar-refractivity contribution in [2.45, 2.75) is 32.2 Å². The second kappa shape index (κ2) is 4.92. The summed E-state index contributed by atoms with van der Waals surface area (Å²) in [6.45, 7) is 1.92. The minimum atomic E-state index is -5.75. The van der Waals surface area contributed by atoms with Gasteiger partial charge in [-0.3, -0.25) is 9.59 Å². The van der Waals surface area contributed by atoms with E-state index in [4.69, 9.17) is 0 Å². The van der Waals surface area contributed by atoms with Crippen LogP contribution < -0.4 is 5.32 Å². The van der Waals surface area contributed by atoms with E-state index in [0.29, 0.717) is 0 Å². The molecule has 1 unspecified atom stereocenters. The summed E-state index contributed by atoms with van der Waals surface area (Å²) in [5.41, 5.74) is 0. The smallest absolute Gasteiger partial charge is 0.346 e. The third-order valence-electron chi connectivity index (χ3n) is 1.89. The zero-order valence-corrected chi connectivity index (χ0v) is 8.74. The maximum Gasteiger partial charge on any atom is 0.409 e. The second-order valence-electron chi connectivity index (χ2n) is 3.36. The molecule has 0 rings (SSSR count). The standard InChI is InChI=1S/C8H9F6NO2/c1-3(4(2)16)15-6(17)5(7(9,10)11)8(12,13)14/h3,5H,1-2H3,(H,15,17). The third-order valence-corrected chi connectivity index (χ3v) is 1.89. The van der Waals surface area contributed by atoms with Crippen molar-refractivity contribution in [2.75, 3.05) is 0 Å². The Morgan fingerprint density at radius 2 is 1.35 bits per heavy atom. The van der Waals surface area contributed by atoms with Crippen molar-refractivity contribution in [3.05, 3.63) is 0 Å². The van der Waals surface area contributed by atoms with Crippen LogP contribution in [0.2, 0.25) is 0 Å². The van der Waals surface area contributed by atoms with Crippen molar-refractivity contribution in [2.24, 2.45) is 5.92 Å². The Morgan fingerprint density at radius 1 is 1.00 bits per heavy atom. The van der Waals surface area contributed by atoms with Gasteiger partial charge in [-0.15, -0.1) is 0 Å². The summed E-state index contributed by atoms with van der Waals surface area (Å²) >= 11 is 0. The molecular formula is C8H9F6NO2. The van der Waals surface area contributed by atoms with E-state index in [1.807, 2.05) is 0 Å². The van der Waals surface area contributed by atoms with Crippen molar-refractivity contribution < 1.29 is 35.9 Å². The fourth-order valence-electron chi connectivity index (χ4n) is 0.881. The van der Waals surface area contributed by atoms with Gasteiger partial charge in [0.05, 0.1) is 6.04 Å². The van der Waals surface area contributed by atoms with Crippen LogP contribution in [0, 0.1) is 5.92 Å². The van der Waals surface area contributed by atoms with Gasteiger partial charge in [-0.25, -0.2) is 0 Å². The Balaban J connectivity index is 4.98. The Labute approximate surface area is 92.2 Å². The zero-order valence-electron chi connectivity index (χ0n) is 8.74. The first-order valence-corrected chi connectivity index (χ1v) is 4.31. The molecule has 0 heterocycles. The molecule has 0 aromatic rings. The van der Waals surface area contributed by atoms with Gasteiger partial charge in [0.25, 0.3) is 0 Å². The molecule has 0 saturated heterocycles. The van der Waals surface area contributed by atoms with Crippen LogP contribution in [0.15, 0.2) is 0 Å². The van der Waals surface area contributed by atoms with E-state index in [9.17, 15) is 35.9 Å². The molecule has 1 amide bonds. The summed E-state index contributed by atoms with van der Waals surface area (Å²) in [6.07, 6.45) is -11.5. The van der Waals surface area contributed by atoms with E-state index in [-0.39, 0.29) is 0 Å². The number of ketones is 1. The van der Waals surface area contributed by atoms with Crippen molar-refractivity contribution in [3.8, 4) is 0 Å². The Hall–Kier alpha value is -1.28. The number of rotatable bonds is 3. The number of amides is 1. The highest BCUT2D eigenvalue weighted by molar-refractivity contribution is 5.88. The summed E-state index contributed by atoms with van der Waals surface area (Å²) in [5.74, 6) is -7.16. The highest BCUT2D eigenvalue weighted by Crippen LogP contribution is 2.39. The molecule has 3 nitrogen and oxygen atoms in total. The summed E-state index contributed by atoms with van der Waals surface area (Å²) in [7, 11) is 0. The van der Waals surface area contributed by atoms with Gasteiger partial charge in [0.1, 0.15) is 0 Å². The lowest BCUT2D eigenvalue weighted by Crippen LogP contribution is -2.51. The van der Waals surface area contributed by atoms with E-state index in [0.717, 1.165) is 13.8 Å². The molecule has 0 aliphatic heterocycles. The molecule has 0 aromatic heterocycles. The number of hydrogen-bond donors (Lipinski definition) is 1. The van der Waals surface area contributed by atoms with Crippen LogP contribution in [0.1, 0.15) is 13.8 Å². The zero-order chi connectivity index (χ0) is 14.0. The first kappa shape index (κ1) is 15.7. The van der Waals surface area contributed by atoms with Gasteiger partial charge in [-0.2, -0.15) is 26.3 Å². The second-order valence-corrected chi connectivity index (χ2v) is 3.36. The van der Waals surface area contributed by atoms with Crippen LogP contribution in [0.5, 0.6) is 0 Å². The molecule has 0 saturated carbocycles. The summed E-state index contributed by atoms with van der Waals surface area (Å²) in [4.78, 5) is 21.5. The molecule has 1 N–H and O–H groups in total. The summed E-state index contributed by atoms with van der Waals surface area (Å²) in [6, 6.07) is -1.41. The van der Waals surface area contributed by atoms with Crippen molar-refractivity contribution >= 4 is 11.7 Å². The van der Waals surface area contributed by atoms with Gasteiger partial charge in [0.15, 0.2) is 5.78 Å². The van der Waals surface area contributed by atoms with Gasteiger partial charge >= 0.3 is 12.4 Å². The molecular weight excluding hydrogens is 256 g/mol. The maximum absolute atomic E-state index is 12.1. The minimum Gasteiger partial charge on any atom is -0.346 e. The highest BCUT2D eigenvalue weighted by atomic mass is 19.4. The fraction of sp³-hybridized carbons (Fsp3) is 0.750. The molecule has 17 heavy (non-hydrogen) atoms. The molecule has 0 radical (unpaired) electrons. The third kappa shape index (κ3) is 4.61. The molecule has 0 aliphatic carbocycles. The van der Waals surface area contributed by atoms with E-state index < -0.39 is 36.0 Å². The Kier molecular flexibility index (Phi) is 4.55. The van der Waals surface area contributed by atoms with E-state index in [1.165, 1.54) is 5.32 Å². The first-order chi connectivity index (χ1) is 7.37. The number of hydrogen-bond acceptors (Lipinski definition) is 2. The van der Waals surface area contributed by atoms with Gasteiger partial charge < -0.3 is 5.32 Å². The van der Waals surface area contributed by atoms with E-state index in [2.05, 4.69) is 0 Å². The van der Waals surface area contributed by atoms with Crippen LogP contribution in [0.4, 0.5) is 26.3 Å². The van der Waals surface area contributed by atoms with Crippen molar-refractivity contribution in [1.29, 1.82) is 0 Å². The Bertz CT molecular complexity index is 294. The lowest BCUT2D eigenvalue weighted by Gasteiger charge is -2.23. The summed E-state index contributed by atoms with van der Waals surface area (Å²) in [5, 5.41) is 1.36. The van der Waals surface area contributed by atoms with E-state index in [1.54, 1.807) is 0 Å². The van der Waals surface area contributed by atoms with Crippen LogP contribution in [-0.2, 0) is 9.59 Å². The molecule has 0 spiro atoms. The van der Waals surface area contributed by atoms with Crippen LogP contribution >= 0.6 is 0 Å². The molecule has 100 valence electrons. The predicted octanol–water partition coefficient (Wildman–Crippen LogP) is 1.82. The van der Waals surface area contributed by atoms with Crippen LogP contribution in [0.3, 0.4) is 0 Å². The molecule has 0 fully saturated rings. The largest absolute Gasteiger partial charge is 0.409 e. The number of nitrogens with one attached hydrogen (secondary N) is 1. The lowest BCUT2D eigenvalue weighted by molar-refractivity contribution is -0.274. The normalized spacial score (nSPS) is 14.6. The number of carbonyl (C=O) groups excluding carboxylic acids is 2. The minimum absolute atomic E-state index is 0.749. The fourth-order valence-corrected chi connectivity index (χ4v) is 0.881. The maximum atomic E-state index is 12.1. The first-order valence-electron chi connectivity index (χ1n) is 4.31. The van der Waals surface area contributed by atoms with Crippen LogP contribution in [0.25, 0.3) is 0 Å². The van der Waals surface area contributed by atoms with Crippen molar-refractivity contribution in [1.82, 2.24) is 5.32 Å². The monoisotopic (exact) mass is 265 g/mol. The SMILES string of the molecule is CC(=O)C(C)NC(=O)C(C(F)(F)F)C(F)(F)F. The highest BCUT2D eigenvalue weighted by Gasteiger charge is 2.61. The molecule has 1 atom stereocenters. The van der Waals surface area contributed by atoms with Gasteiger partial charge in [-0.1, -0.05) is 0 Å². The van der Waals surface area contributed by atoms with E-state index >= 15 is 0 Å². The van der Waals surface area contributed by atoms with Gasteiger partial charge in [0, 0.05) is 0 Å². The number of carbonyl (C=O) groups is 2. The molecule has 9 heteroatoms. The molecule has 0 bridgehead atoms. The lowest BCUT2D eigenvalue weighted by atomic mass is 10.1. The van der Waals surface area contributed by atoms with Gasteiger partial charge in [-0.05, 0) is 13.8 Å². The quantitative estimate of drug-likeness (QED) is 0.791. The summed E-state index contributed by atoms with van der Waals surface area (Å²) < 4.78 is 72.3. The predicted molar refractivity (Wildman–Crippen MR) is 43.9 cm³/mol.